The van der Waals surface area contributed by atoms with Crippen LogP contribution >= 0.6 is 23.1 Å². The Balaban J connectivity index is 2.12. The SMILES string of the molecule is CCCC(=O)N=c1sc2cc3c(cc2n1CCSC)OCCO3. The maximum Gasteiger partial charge on any atom is 0.248 e. The normalized spacial score (nSPS) is 14.4. The summed E-state index contributed by atoms with van der Waals surface area (Å²) in [6.07, 6.45) is 3.38. The van der Waals surface area contributed by atoms with Gasteiger partial charge in [0.25, 0.3) is 0 Å². The number of aryl methyl sites for hydroxylation is 1. The lowest BCUT2D eigenvalue weighted by molar-refractivity contribution is -0.118. The van der Waals surface area contributed by atoms with Gasteiger partial charge in [0.2, 0.25) is 5.91 Å². The van der Waals surface area contributed by atoms with Gasteiger partial charge in [0.1, 0.15) is 13.2 Å². The van der Waals surface area contributed by atoms with E-state index >= 15 is 0 Å². The van der Waals surface area contributed by atoms with Crippen LogP contribution in [-0.4, -0.2) is 35.7 Å². The molecule has 0 N–H and O–H groups in total. The fourth-order valence-corrected chi connectivity index (χ4v) is 3.92. The molecule has 0 aliphatic carbocycles. The Hall–Kier alpha value is -1.47. The molecule has 124 valence electrons. The van der Waals surface area contributed by atoms with E-state index in [1.165, 1.54) is 11.3 Å². The topological polar surface area (TPSA) is 52.8 Å². The number of benzene rings is 1. The second-order valence-corrected chi connectivity index (χ2v) is 7.24. The third-order valence-corrected chi connectivity index (χ3v) is 5.18. The summed E-state index contributed by atoms with van der Waals surface area (Å²) in [6, 6.07) is 4.00. The number of amides is 1. The van der Waals surface area contributed by atoms with Gasteiger partial charge >= 0.3 is 0 Å². The van der Waals surface area contributed by atoms with E-state index in [4.69, 9.17) is 9.47 Å². The van der Waals surface area contributed by atoms with Crippen LogP contribution < -0.4 is 14.3 Å². The van der Waals surface area contributed by atoms with Crippen LogP contribution in [0, 0.1) is 0 Å². The molecule has 2 aromatic rings. The third-order valence-electron chi connectivity index (χ3n) is 3.55. The summed E-state index contributed by atoms with van der Waals surface area (Å²) in [7, 11) is 0. The molecule has 0 radical (unpaired) electrons. The summed E-state index contributed by atoms with van der Waals surface area (Å²) < 4.78 is 14.5. The van der Waals surface area contributed by atoms with Crippen molar-refractivity contribution in [3.63, 3.8) is 0 Å². The minimum absolute atomic E-state index is 0.0609. The molecule has 0 unspecified atom stereocenters. The Morgan fingerprint density at radius 3 is 2.78 bits per heavy atom. The Morgan fingerprint density at radius 1 is 1.35 bits per heavy atom. The number of hydrogen-bond acceptors (Lipinski definition) is 5. The van der Waals surface area contributed by atoms with Gasteiger partial charge in [0, 0.05) is 30.9 Å². The van der Waals surface area contributed by atoms with Crippen molar-refractivity contribution in [1.82, 2.24) is 4.57 Å². The molecule has 2 heterocycles. The molecule has 0 saturated heterocycles. The summed E-state index contributed by atoms with van der Waals surface area (Å²) in [5, 5.41) is 0. The predicted molar refractivity (Wildman–Crippen MR) is 94.7 cm³/mol. The Bertz CT molecular complexity index is 779. The number of carbonyl (C=O) groups excluding carboxylic acids is 1. The minimum Gasteiger partial charge on any atom is -0.486 e. The number of carbonyl (C=O) groups is 1. The first-order valence-electron chi connectivity index (χ1n) is 7.72. The summed E-state index contributed by atoms with van der Waals surface area (Å²) in [5.74, 6) is 2.45. The molecule has 1 aliphatic heterocycles. The van der Waals surface area contributed by atoms with Gasteiger partial charge in [-0.3, -0.25) is 4.79 Å². The van der Waals surface area contributed by atoms with Crippen molar-refractivity contribution < 1.29 is 14.3 Å². The lowest BCUT2D eigenvalue weighted by atomic mass is 10.2. The van der Waals surface area contributed by atoms with Gasteiger partial charge < -0.3 is 14.0 Å². The largest absolute Gasteiger partial charge is 0.486 e. The van der Waals surface area contributed by atoms with Crippen molar-refractivity contribution in [3.05, 3.63) is 16.9 Å². The first-order valence-corrected chi connectivity index (χ1v) is 9.93. The summed E-state index contributed by atoms with van der Waals surface area (Å²) in [4.78, 5) is 17.0. The zero-order valence-electron chi connectivity index (χ0n) is 13.3. The number of fused-ring (bicyclic) bond motifs is 2. The summed E-state index contributed by atoms with van der Waals surface area (Å²) >= 11 is 3.31. The monoisotopic (exact) mass is 352 g/mol. The number of rotatable bonds is 5. The Morgan fingerprint density at radius 2 is 2.09 bits per heavy atom. The average Bonchev–Trinajstić information content (AvgIpc) is 2.87. The minimum atomic E-state index is -0.0609. The van der Waals surface area contributed by atoms with Crippen LogP contribution in [-0.2, 0) is 11.3 Å². The van der Waals surface area contributed by atoms with Crippen molar-refractivity contribution in [2.24, 2.45) is 4.99 Å². The molecule has 1 aromatic heterocycles. The van der Waals surface area contributed by atoms with Gasteiger partial charge in [-0.25, -0.2) is 0 Å². The predicted octanol–water partition coefficient (Wildman–Crippen LogP) is 3.06. The van der Waals surface area contributed by atoms with Crippen LogP contribution in [0.3, 0.4) is 0 Å². The highest BCUT2D eigenvalue weighted by molar-refractivity contribution is 7.98. The molecule has 5 nitrogen and oxygen atoms in total. The zero-order valence-corrected chi connectivity index (χ0v) is 15.0. The van der Waals surface area contributed by atoms with Crippen LogP contribution in [0.2, 0.25) is 0 Å². The first kappa shape index (κ1) is 16.4. The molecular formula is C16H20N2O3S2. The number of nitrogens with zero attached hydrogens (tertiary/aromatic N) is 2. The number of aromatic nitrogens is 1. The molecule has 0 atom stereocenters. The van der Waals surface area contributed by atoms with Crippen molar-refractivity contribution in [2.45, 2.75) is 26.3 Å². The number of thiazole rings is 1. The molecule has 7 heteroatoms. The van der Waals surface area contributed by atoms with E-state index in [0.29, 0.717) is 19.6 Å². The van der Waals surface area contributed by atoms with E-state index in [9.17, 15) is 4.79 Å². The van der Waals surface area contributed by atoms with Gasteiger partial charge in [0.05, 0.1) is 10.2 Å². The highest BCUT2D eigenvalue weighted by Gasteiger charge is 2.16. The van der Waals surface area contributed by atoms with Crippen LogP contribution in [0.25, 0.3) is 10.2 Å². The second kappa shape index (κ2) is 7.40. The third kappa shape index (κ3) is 3.55. The summed E-state index contributed by atoms with van der Waals surface area (Å²) in [6.45, 7) is 3.95. The highest BCUT2D eigenvalue weighted by atomic mass is 32.2. The lowest BCUT2D eigenvalue weighted by Gasteiger charge is -2.18. The van der Waals surface area contributed by atoms with Crippen LogP contribution in [0.5, 0.6) is 11.5 Å². The van der Waals surface area contributed by atoms with Crippen molar-refractivity contribution in [3.8, 4) is 11.5 Å². The molecule has 1 aromatic carbocycles. The van der Waals surface area contributed by atoms with E-state index in [1.807, 2.05) is 19.1 Å². The smallest absolute Gasteiger partial charge is 0.248 e. The molecule has 3 rings (SSSR count). The van der Waals surface area contributed by atoms with Crippen LogP contribution in [0.4, 0.5) is 0 Å². The number of ether oxygens (including phenoxy) is 2. The molecule has 0 spiro atoms. The maximum atomic E-state index is 11.9. The molecule has 0 saturated carbocycles. The molecule has 0 bridgehead atoms. The lowest BCUT2D eigenvalue weighted by Crippen LogP contribution is -2.18. The molecule has 0 fully saturated rings. The molecule has 1 aliphatic rings. The molecule has 1 amide bonds. The van der Waals surface area contributed by atoms with Crippen LogP contribution in [0.15, 0.2) is 17.1 Å². The standard InChI is InChI=1S/C16H20N2O3S2/c1-3-4-15(19)17-16-18(5-8-22-2)11-9-12-13(10-14(11)23-16)21-7-6-20-12/h9-10H,3-8H2,1-2H3. The second-order valence-electron chi connectivity index (χ2n) is 5.25. The fourth-order valence-electron chi connectivity index (χ4n) is 2.47. The van der Waals surface area contributed by atoms with E-state index in [2.05, 4.69) is 15.8 Å². The first-order chi connectivity index (χ1) is 11.2. The van der Waals surface area contributed by atoms with Crippen molar-refractivity contribution in [1.29, 1.82) is 0 Å². The fraction of sp³-hybridized carbons (Fsp3) is 0.500. The Labute approximate surface area is 143 Å². The summed E-state index contributed by atoms with van der Waals surface area (Å²) in [5.41, 5.74) is 1.05. The number of thioether (sulfide) groups is 1. The van der Waals surface area contributed by atoms with Gasteiger partial charge in [-0.1, -0.05) is 18.3 Å². The van der Waals surface area contributed by atoms with Gasteiger partial charge in [-0.15, -0.1) is 0 Å². The highest BCUT2D eigenvalue weighted by Crippen LogP contribution is 2.35. The quantitative estimate of drug-likeness (QED) is 0.830. The molecule has 23 heavy (non-hydrogen) atoms. The van der Waals surface area contributed by atoms with E-state index in [0.717, 1.165) is 45.2 Å². The average molecular weight is 352 g/mol. The van der Waals surface area contributed by atoms with E-state index in [1.54, 1.807) is 11.8 Å². The number of hydrogen-bond donors (Lipinski definition) is 0. The van der Waals surface area contributed by atoms with E-state index in [-0.39, 0.29) is 5.91 Å². The van der Waals surface area contributed by atoms with Gasteiger partial charge in [0.15, 0.2) is 16.3 Å². The Kier molecular flexibility index (Phi) is 5.27. The van der Waals surface area contributed by atoms with Crippen molar-refractivity contribution >= 4 is 39.2 Å². The van der Waals surface area contributed by atoms with Crippen molar-refractivity contribution in [2.75, 3.05) is 25.2 Å². The maximum absolute atomic E-state index is 11.9. The van der Waals surface area contributed by atoms with Gasteiger partial charge in [-0.2, -0.15) is 16.8 Å². The zero-order chi connectivity index (χ0) is 16.2. The van der Waals surface area contributed by atoms with Gasteiger partial charge in [-0.05, 0) is 12.7 Å². The van der Waals surface area contributed by atoms with Crippen LogP contribution in [0.1, 0.15) is 19.8 Å². The molecular weight excluding hydrogens is 332 g/mol. The van der Waals surface area contributed by atoms with E-state index < -0.39 is 0 Å².